The van der Waals surface area contributed by atoms with Crippen LogP contribution in [0.5, 0.6) is 5.75 Å². The molecule has 3 N–H and O–H groups in total. The van der Waals surface area contributed by atoms with Gasteiger partial charge in [-0.3, -0.25) is 4.72 Å². The molecule has 11 heteroatoms. The summed E-state index contributed by atoms with van der Waals surface area (Å²) < 4.78 is 55.6. The molecule has 0 bridgehead atoms. The molecule has 1 heterocycles. The van der Waals surface area contributed by atoms with Gasteiger partial charge < -0.3 is 15.3 Å². The molecule has 0 atom stereocenters. The van der Waals surface area contributed by atoms with Crippen LogP contribution >= 0.6 is 23.2 Å². The number of benzene rings is 2. The van der Waals surface area contributed by atoms with Crippen molar-refractivity contribution in [2.24, 2.45) is 0 Å². The van der Waals surface area contributed by atoms with E-state index >= 15 is 0 Å². The number of anilines is 2. The molecular weight excluding hydrogens is 423 g/mol. The van der Waals surface area contributed by atoms with Gasteiger partial charge in [0.1, 0.15) is 16.5 Å². The Labute approximate surface area is 164 Å². The number of phenols is 1. The van der Waals surface area contributed by atoms with E-state index in [-0.39, 0.29) is 15.7 Å². The number of halogens is 4. The smallest absolute Gasteiger partial charge is 0.265 e. The first-order valence-corrected chi connectivity index (χ1v) is 10.1. The van der Waals surface area contributed by atoms with Crippen LogP contribution in [-0.2, 0) is 10.0 Å². The van der Waals surface area contributed by atoms with Crippen molar-refractivity contribution in [3.63, 3.8) is 0 Å². The van der Waals surface area contributed by atoms with E-state index in [4.69, 9.17) is 23.2 Å². The summed E-state index contributed by atoms with van der Waals surface area (Å²) in [5.41, 5.74) is -0.385. The first-order chi connectivity index (χ1) is 12.7. The highest BCUT2D eigenvalue weighted by Gasteiger charge is 2.25. The lowest BCUT2D eigenvalue weighted by Gasteiger charge is -2.30. The Kier molecular flexibility index (Phi) is 5.66. The Morgan fingerprint density at radius 3 is 2.41 bits per heavy atom. The molecule has 1 saturated heterocycles. The summed E-state index contributed by atoms with van der Waals surface area (Å²) in [6, 6.07) is 3.83. The van der Waals surface area contributed by atoms with E-state index in [0.717, 1.165) is 12.1 Å². The van der Waals surface area contributed by atoms with Gasteiger partial charge in [-0.25, -0.2) is 17.2 Å². The van der Waals surface area contributed by atoms with Crippen LogP contribution in [0.25, 0.3) is 0 Å². The zero-order valence-electron chi connectivity index (χ0n) is 13.8. The monoisotopic (exact) mass is 437 g/mol. The van der Waals surface area contributed by atoms with E-state index in [1.807, 2.05) is 4.72 Å². The fourth-order valence-electron chi connectivity index (χ4n) is 2.71. The van der Waals surface area contributed by atoms with Gasteiger partial charge in [-0.1, -0.05) is 23.2 Å². The van der Waals surface area contributed by atoms with Crippen molar-refractivity contribution in [1.29, 1.82) is 0 Å². The predicted octanol–water partition coefficient (Wildman–Crippen LogP) is 3.19. The fourth-order valence-corrected chi connectivity index (χ4v) is 4.53. The van der Waals surface area contributed by atoms with Gasteiger partial charge in [0.25, 0.3) is 10.0 Å². The third kappa shape index (κ3) is 4.21. The fraction of sp³-hybridized carbons (Fsp3) is 0.250. The number of nitrogens with one attached hydrogen (secondary N) is 2. The summed E-state index contributed by atoms with van der Waals surface area (Å²) >= 11 is 11.5. The number of hydrogen-bond donors (Lipinski definition) is 3. The Hall–Kier alpha value is -1.81. The van der Waals surface area contributed by atoms with E-state index in [9.17, 15) is 22.3 Å². The molecule has 146 valence electrons. The average Bonchev–Trinajstić information content (AvgIpc) is 2.61. The molecule has 0 aliphatic carbocycles. The van der Waals surface area contributed by atoms with Gasteiger partial charge in [0.05, 0.1) is 16.4 Å². The normalized spacial score (nSPS) is 15.0. The van der Waals surface area contributed by atoms with Gasteiger partial charge in [-0.05, 0) is 18.2 Å². The van der Waals surface area contributed by atoms with Crippen LogP contribution in [0, 0.1) is 11.6 Å². The molecule has 6 nitrogen and oxygen atoms in total. The lowest BCUT2D eigenvalue weighted by Crippen LogP contribution is -2.43. The maximum Gasteiger partial charge on any atom is 0.265 e. The van der Waals surface area contributed by atoms with Crippen molar-refractivity contribution in [2.45, 2.75) is 4.90 Å². The number of rotatable bonds is 4. The summed E-state index contributed by atoms with van der Waals surface area (Å²) in [6.45, 7) is 2.21. The summed E-state index contributed by atoms with van der Waals surface area (Å²) in [7, 11) is -4.43. The molecule has 0 spiro atoms. The second kappa shape index (κ2) is 7.67. The minimum Gasteiger partial charge on any atom is -0.505 e. The quantitative estimate of drug-likeness (QED) is 0.684. The Balaban J connectivity index is 1.99. The number of nitrogens with zero attached hydrogens (tertiary/aromatic N) is 1. The van der Waals surface area contributed by atoms with Crippen molar-refractivity contribution in [1.82, 2.24) is 5.32 Å². The Bertz CT molecular complexity index is 983. The van der Waals surface area contributed by atoms with Crippen molar-refractivity contribution < 1.29 is 22.3 Å². The van der Waals surface area contributed by atoms with Crippen molar-refractivity contribution in [3.8, 4) is 5.75 Å². The minimum absolute atomic E-state index is 0.0285. The van der Waals surface area contributed by atoms with Crippen LogP contribution in [0.3, 0.4) is 0 Å². The van der Waals surface area contributed by atoms with Crippen LogP contribution in [0.2, 0.25) is 10.0 Å². The second-order valence-electron chi connectivity index (χ2n) is 5.86. The number of phenolic OH excluding ortho intramolecular Hbond substituents is 1. The molecular formula is C16H15Cl2F2N3O3S. The molecule has 0 saturated carbocycles. The number of aromatic hydroxyl groups is 1. The zero-order chi connectivity index (χ0) is 19.8. The van der Waals surface area contributed by atoms with Crippen LogP contribution in [0.4, 0.5) is 20.2 Å². The molecule has 27 heavy (non-hydrogen) atoms. The molecule has 1 fully saturated rings. The van der Waals surface area contributed by atoms with Gasteiger partial charge in [-0.15, -0.1) is 0 Å². The summed E-state index contributed by atoms with van der Waals surface area (Å²) in [4.78, 5) is 1.06. The SMILES string of the molecule is O=S(=O)(Nc1cc(N2CCNCC2)c(F)cc1F)c1cc(Cl)cc(Cl)c1O. The van der Waals surface area contributed by atoms with Gasteiger partial charge in [0.2, 0.25) is 0 Å². The highest BCUT2D eigenvalue weighted by Crippen LogP contribution is 2.36. The van der Waals surface area contributed by atoms with E-state index < -0.39 is 38.0 Å². The van der Waals surface area contributed by atoms with E-state index in [2.05, 4.69) is 5.32 Å². The van der Waals surface area contributed by atoms with Crippen LogP contribution < -0.4 is 14.9 Å². The van der Waals surface area contributed by atoms with Gasteiger partial charge in [0.15, 0.2) is 5.75 Å². The molecule has 0 unspecified atom stereocenters. The topological polar surface area (TPSA) is 81.7 Å². The van der Waals surface area contributed by atoms with Gasteiger partial charge in [0, 0.05) is 37.3 Å². The van der Waals surface area contributed by atoms with Crippen LogP contribution in [0.15, 0.2) is 29.2 Å². The van der Waals surface area contributed by atoms with Crippen LogP contribution in [-0.4, -0.2) is 39.7 Å². The minimum atomic E-state index is -4.43. The number of piperazine rings is 1. The molecule has 0 amide bonds. The lowest BCUT2D eigenvalue weighted by molar-refractivity contribution is 0.459. The van der Waals surface area contributed by atoms with E-state index in [0.29, 0.717) is 32.2 Å². The highest BCUT2D eigenvalue weighted by atomic mass is 35.5. The number of sulfonamides is 1. The first-order valence-electron chi connectivity index (χ1n) is 7.84. The Morgan fingerprint density at radius 1 is 1.07 bits per heavy atom. The molecule has 1 aliphatic rings. The molecule has 1 aliphatic heterocycles. The van der Waals surface area contributed by atoms with Crippen molar-refractivity contribution in [3.05, 3.63) is 45.9 Å². The highest BCUT2D eigenvalue weighted by molar-refractivity contribution is 7.92. The van der Waals surface area contributed by atoms with E-state index in [1.54, 1.807) is 4.90 Å². The molecule has 2 aromatic rings. The largest absolute Gasteiger partial charge is 0.505 e. The predicted molar refractivity (Wildman–Crippen MR) is 100 cm³/mol. The van der Waals surface area contributed by atoms with Gasteiger partial charge >= 0.3 is 0 Å². The number of hydrogen-bond acceptors (Lipinski definition) is 5. The molecule has 2 aromatic carbocycles. The second-order valence-corrected chi connectivity index (χ2v) is 8.35. The van der Waals surface area contributed by atoms with Crippen LogP contribution in [0.1, 0.15) is 0 Å². The summed E-state index contributed by atoms with van der Waals surface area (Å²) in [5, 5.41) is 12.7. The van der Waals surface area contributed by atoms with Gasteiger partial charge in [-0.2, -0.15) is 0 Å². The summed E-state index contributed by atoms with van der Waals surface area (Å²) in [5.74, 6) is -2.62. The average molecular weight is 438 g/mol. The standard InChI is InChI=1S/C16H15Cl2F2N3O3S/c17-9-5-10(18)16(24)15(6-9)27(25,26)22-13-8-14(12(20)7-11(13)19)23-3-1-21-2-4-23/h5-8,21-22,24H,1-4H2. The lowest BCUT2D eigenvalue weighted by atomic mass is 10.2. The maximum atomic E-state index is 14.2. The van der Waals surface area contributed by atoms with E-state index in [1.165, 1.54) is 6.07 Å². The molecule has 3 rings (SSSR count). The molecule has 0 radical (unpaired) electrons. The van der Waals surface area contributed by atoms with Crippen molar-refractivity contribution >= 4 is 44.6 Å². The maximum absolute atomic E-state index is 14.2. The zero-order valence-corrected chi connectivity index (χ0v) is 16.1. The third-order valence-corrected chi connectivity index (χ3v) is 5.91. The first kappa shape index (κ1) is 19.9. The third-order valence-electron chi connectivity index (χ3n) is 4.02. The molecule has 0 aromatic heterocycles. The summed E-state index contributed by atoms with van der Waals surface area (Å²) in [6.07, 6.45) is 0. The Morgan fingerprint density at radius 2 is 1.74 bits per heavy atom. The van der Waals surface area contributed by atoms with Crippen molar-refractivity contribution in [2.75, 3.05) is 35.8 Å².